The summed E-state index contributed by atoms with van der Waals surface area (Å²) in [7, 11) is 1.63. The Hall–Kier alpha value is -1.54. The van der Waals surface area contributed by atoms with Gasteiger partial charge in [0.15, 0.2) is 0 Å². The first-order valence-electron chi connectivity index (χ1n) is 6.48. The van der Waals surface area contributed by atoms with Crippen molar-refractivity contribution in [3.63, 3.8) is 0 Å². The van der Waals surface area contributed by atoms with E-state index < -0.39 is 18.1 Å². The zero-order valence-corrected chi connectivity index (χ0v) is 14.2. The third-order valence-corrected chi connectivity index (χ3v) is 4.29. The second-order valence-corrected chi connectivity index (χ2v) is 6.07. The molecule has 1 aromatic heterocycles. The summed E-state index contributed by atoms with van der Waals surface area (Å²) in [5.41, 5.74) is 1.04. The second-order valence-electron chi connectivity index (χ2n) is 4.81. The fourth-order valence-corrected chi connectivity index (χ4v) is 2.90. The number of nitrogens with zero attached hydrogens (tertiary/aromatic N) is 2. The van der Waals surface area contributed by atoms with Gasteiger partial charge < -0.3 is 5.32 Å². The highest BCUT2D eigenvalue weighted by Gasteiger charge is 2.40. The SMILES string of the molecule is Cn1ncc(Cl)c1CC(NC(=O)C(F)(F)F)c1ccccc1Br. The Morgan fingerprint density at radius 1 is 1.43 bits per heavy atom. The highest BCUT2D eigenvalue weighted by molar-refractivity contribution is 9.10. The number of benzene rings is 1. The molecular weight excluding hydrogens is 399 g/mol. The molecule has 0 aliphatic rings. The maximum absolute atomic E-state index is 12.6. The molecule has 0 radical (unpaired) electrons. The highest BCUT2D eigenvalue weighted by atomic mass is 79.9. The van der Waals surface area contributed by atoms with Crippen LogP contribution in [0.3, 0.4) is 0 Å². The molecule has 1 N–H and O–H groups in total. The molecule has 2 aromatic rings. The normalized spacial score (nSPS) is 13.0. The fraction of sp³-hybridized carbons (Fsp3) is 0.286. The van der Waals surface area contributed by atoms with Crippen molar-refractivity contribution in [3.8, 4) is 0 Å². The monoisotopic (exact) mass is 409 g/mol. The van der Waals surface area contributed by atoms with Gasteiger partial charge in [0.1, 0.15) is 0 Å². The van der Waals surface area contributed by atoms with Gasteiger partial charge >= 0.3 is 12.1 Å². The predicted molar refractivity (Wildman–Crippen MR) is 83.0 cm³/mol. The minimum absolute atomic E-state index is 0.0692. The van der Waals surface area contributed by atoms with E-state index in [4.69, 9.17) is 11.6 Å². The van der Waals surface area contributed by atoms with Crippen molar-refractivity contribution in [1.29, 1.82) is 0 Å². The van der Waals surface area contributed by atoms with E-state index >= 15 is 0 Å². The molecule has 4 nitrogen and oxygen atoms in total. The van der Waals surface area contributed by atoms with Gasteiger partial charge in [0.05, 0.1) is 23.0 Å². The summed E-state index contributed by atoms with van der Waals surface area (Å²) in [6.45, 7) is 0. The number of hydrogen-bond donors (Lipinski definition) is 1. The van der Waals surface area contributed by atoms with Crippen molar-refractivity contribution in [2.24, 2.45) is 7.05 Å². The molecule has 1 unspecified atom stereocenters. The number of nitrogens with one attached hydrogen (secondary N) is 1. The lowest BCUT2D eigenvalue weighted by atomic mass is 10.0. The van der Waals surface area contributed by atoms with Gasteiger partial charge in [0.2, 0.25) is 0 Å². The van der Waals surface area contributed by atoms with Crippen LogP contribution >= 0.6 is 27.5 Å². The molecule has 124 valence electrons. The fourth-order valence-electron chi connectivity index (χ4n) is 2.10. The van der Waals surface area contributed by atoms with Crippen LogP contribution in [0.2, 0.25) is 5.02 Å². The Bertz CT molecular complexity index is 698. The molecule has 2 rings (SSSR count). The molecule has 0 saturated carbocycles. The van der Waals surface area contributed by atoms with Crippen molar-refractivity contribution in [1.82, 2.24) is 15.1 Å². The molecule has 0 bridgehead atoms. The van der Waals surface area contributed by atoms with Gasteiger partial charge in [-0.15, -0.1) is 0 Å². The number of carbonyl (C=O) groups is 1. The summed E-state index contributed by atoms with van der Waals surface area (Å²) in [5, 5.41) is 6.29. The summed E-state index contributed by atoms with van der Waals surface area (Å²) in [6.07, 6.45) is -3.49. The Kier molecular flexibility index (Phi) is 5.36. The molecule has 1 amide bonds. The first-order valence-corrected chi connectivity index (χ1v) is 7.65. The van der Waals surface area contributed by atoms with Crippen LogP contribution in [0.1, 0.15) is 17.3 Å². The van der Waals surface area contributed by atoms with E-state index in [1.165, 1.54) is 10.9 Å². The standard InChI is InChI=1S/C14H12BrClF3N3O/c1-22-12(10(16)7-20-22)6-11(21-13(23)14(17,18)19)8-4-2-3-5-9(8)15/h2-5,7,11H,6H2,1H3,(H,21,23). The lowest BCUT2D eigenvalue weighted by Gasteiger charge is -2.21. The zero-order valence-electron chi connectivity index (χ0n) is 11.9. The van der Waals surface area contributed by atoms with Gasteiger partial charge in [-0.05, 0) is 11.6 Å². The average Bonchev–Trinajstić information content (AvgIpc) is 2.77. The lowest BCUT2D eigenvalue weighted by molar-refractivity contribution is -0.174. The predicted octanol–water partition coefficient (Wildman–Crippen LogP) is 3.80. The van der Waals surface area contributed by atoms with E-state index in [2.05, 4.69) is 21.0 Å². The van der Waals surface area contributed by atoms with E-state index in [1.807, 2.05) is 5.32 Å². The lowest BCUT2D eigenvalue weighted by Crippen LogP contribution is -2.40. The number of carbonyl (C=O) groups excluding carboxylic acids is 1. The van der Waals surface area contributed by atoms with Gasteiger partial charge in [0.25, 0.3) is 0 Å². The third kappa shape index (κ3) is 4.26. The Balaban J connectivity index is 2.36. The van der Waals surface area contributed by atoms with Crippen molar-refractivity contribution in [2.75, 3.05) is 0 Å². The Morgan fingerprint density at radius 3 is 2.61 bits per heavy atom. The number of aromatic nitrogens is 2. The first kappa shape index (κ1) is 17.8. The number of halogens is 5. The van der Waals surface area contributed by atoms with E-state index in [0.717, 1.165) is 0 Å². The zero-order chi connectivity index (χ0) is 17.2. The smallest absolute Gasteiger partial charge is 0.341 e. The first-order chi connectivity index (χ1) is 10.7. The summed E-state index contributed by atoms with van der Waals surface area (Å²) in [5.74, 6) is -2.00. The van der Waals surface area contributed by atoms with Crippen molar-refractivity contribution < 1.29 is 18.0 Å². The van der Waals surface area contributed by atoms with Gasteiger partial charge in [0, 0.05) is 17.9 Å². The van der Waals surface area contributed by atoms with Gasteiger partial charge in [-0.2, -0.15) is 18.3 Å². The minimum atomic E-state index is -4.96. The quantitative estimate of drug-likeness (QED) is 0.833. The molecular formula is C14H12BrClF3N3O. The van der Waals surface area contributed by atoms with Crippen molar-refractivity contribution in [3.05, 3.63) is 51.2 Å². The molecule has 23 heavy (non-hydrogen) atoms. The molecule has 0 saturated heterocycles. The maximum atomic E-state index is 12.6. The molecule has 1 heterocycles. The molecule has 0 aliphatic carbocycles. The number of alkyl halides is 3. The maximum Gasteiger partial charge on any atom is 0.471 e. The summed E-state index contributed by atoms with van der Waals surface area (Å²) in [4.78, 5) is 11.4. The van der Waals surface area contributed by atoms with E-state index in [9.17, 15) is 18.0 Å². The topological polar surface area (TPSA) is 46.9 Å². The largest absolute Gasteiger partial charge is 0.471 e. The molecule has 1 aromatic carbocycles. The third-order valence-electron chi connectivity index (χ3n) is 3.25. The Morgan fingerprint density at radius 2 is 2.09 bits per heavy atom. The van der Waals surface area contributed by atoms with Crippen LogP contribution in [-0.4, -0.2) is 21.9 Å². The number of amides is 1. The van der Waals surface area contributed by atoms with Crippen LogP contribution in [0.15, 0.2) is 34.9 Å². The summed E-state index contributed by atoms with van der Waals surface area (Å²) < 4.78 is 39.8. The van der Waals surface area contributed by atoms with E-state index in [-0.39, 0.29) is 6.42 Å². The van der Waals surface area contributed by atoms with Crippen molar-refractivity contribution >= 4 is 33.4 Å². The second kappa shape index (κ2) is 6.92. The van der Waals surface area contributed by atoms with Crippen LogP contribution in [-0.2, 0) is 18.3 Å². The Labute approximate surface area is 143 Å². The van der Waals surface area contributed by atoms with Gasteiger partial charge in [-0.25, -0.2) is 0 Å². The van der Waals surface area contributed by atoms with Gasteiger partial charge in [-0.1, -0.05) is 45.7 Å². The van der Waals surface area contributed by atoms with Crippen molar-refractivity contribution in [2.45, 2.75) is 18.6 Å². The van der Waals surface area contributed by atoms with Crippen LogP contribution in [0.5, 0.6) is 0 Å². The number of hydrogen-bond acceptors (Lipinski definition) is 2. The van der Waals surface area contributed by atoms with E-state index in [0.29, 0.717) is 20.8 Å². The number of aryl methyl sites for hydroxylation is 1. The van der Waals surface area contributed by atoms with Crippen LogP contribution < -0.4 is 5.32 Å². The molecule has 1 atom stereocenters. The molecule has 0 aliphatic heterocycles. The van der Waals surface area contributed by atoms with Crippen LogP contribution in [0.4, 0.5) is 13.2 Å². The average molecular weight is 411 g/mol. The summed E-state index contributed by atoms with van der Waals surface area (Å²) in [6, 6.07) is 5.82. The number of rotatable bonds is 4. The molecule has 0 fully saturated rings. The van der Waals surface area contributed by atoms with Crippen LogP contribution in [0.25, 0.3) is 0 Å². The highest BCUT2D eigenvalue weighted by Crippen LogP contribution is 2.29. The molecule has 0 spiro atoms. The molecule has 9 heteroatoms. The summed E-state index contributed by atoms with van der Waals surface area (Å²) >= 11 is 9.30. The van der Waals surface area contributed by atoms with Crippen LogP contribution in [0, 0.1) is 0 Å². The minimum Gasteiger partial charge on any atom is -0.341 e. The van der Waals surface area contributed by atoms with Gasteiger partial charge in [-0.3, -0.25) is 9.48 Å². The van der Waals surface area contributed by atoms with E-state index in [1.54, 1.807) is 31.3 Å².